The monoisotopic (exact) mass is 248 g/mol. The van der Waals surface area contributed by atoms with Gasteiger partial charge in [-0.15, -0.1) is 0 Å². The Balaban J connectivity index is 0.000000122. The highest BCUT2D eigenvalue weighted by Gasteiger charge is 2.37. The van der Waals surface area contributed by atoms with Crippen LogP contribution in [-0.2, 0) is 0 Å². The molecule has 0 aromatic carbocycles. The van der Waals surface area contributed by atoms with Crippen molar-refractivity contribution in [2.45, 2.75) is 96.3 Å². The van der Waals surface area contributed by atoms with Crippen LogP contribution in [0.1, 0.15) is 96.3 Å². The molecule has 1 spiro atoms. The Bertz CT molecular complexity index is 229. The second-order valence-electron chi connectivity index (χ2n) is 7.66. The molecule has 4 fully saturated rings. The van der Waals surface area contributed by atoms with Crippen LogP contribution in [0, 0.1) is 17.3 Å². The second kappa shape index (κ2) is 5.97. The van der Waals surface area contributed by atoms with Crippen molar-refractivity contribution in [1.82, 2.24) is 0 Å². The van der Waals surface area contributed by atoms with Gasteiger partial charge in [0.15, 0.2) is 0 Å². The predicted octanol–water partition coefficient (Wildman–Crippen LogP) is 6.10. The maximum absolute atomic E-state index is 1.58. The number of hydrogen-bond acceptors (Lipinski definition) is 0. The van der Waals surface area contributed by atoms with Gasteiger partial charge in [-0.1, -0.05) is 64.2 Å². The van der Waals surface area contributed by atoms with Crippen molar-refractivity contribution < 1.29 is 0 Å². The molecule has 4 aliphatic carbocycles. The number of fused-ring (bicyclic) bond motifs is 1. The minimum Gasteiger partial charge on any atom is -0.0533 e. The smallest absolute Gasteiger partial charge is 0.0297 e. The van der Waals surface area contributed by atoms with E-state index in [2.05, 4.69) is 0 Å². The van der Waals surface area contributed by atoms with Gasteiger partial charge in [-0.2, -0.15) is 0 Å². The van der Waals surface area contributed by atoms with Gasteiger partial charge < -0.3 is 0 Å². The van der Waals surface area contributed by atoms with Gasteiger partial charge in [-0.3, -0.25) is 0 Å². The van der Waals surface area contributed by atoms with Crippen LogP contribution in [0.3, 0.4) is 0 Å². The summed E-state index contributed by atoms with van der Waals surface area (Å²) in [5.74, 6) is 2.41. The molecule has 0 aliphatic heterocycles. The van der Waals surface area contributed by atoms with E-state index < -0.39 is 0 Å². The molecule has 4 saturated carbocycles. The van der Waals surface area contributed by atoms with E-state index in [1.165, 1.54) is 63.2 Å². The molecule has 0 amide bonds. The molecule has 0 saturated heterocycles. The average Bonchev–Trinajstić information content (AvgIpc) is 3.10. The Morgan fingerprint density at radius 2 is 0.944 bits per heavy atom. The first-order valence-corrected chi connectivity index (χ1v) is 8.88. The summed E-state index contributed by atoms with van der Waals surface area (Å²) >= 11 is 0. The molecule has 0 radical (unpaired) electrons. The first-order valence-electron chi connectivity index (χ1n) is 8.88. The minimum atomic E-state index is 0.858. The molecule has 4 rings (SSSR count). The molecule has 0 bridgehead atoms. The molecule has 4 aliphatic rings. The van der Waals surface area contributed by atoms with Crippen LogP contribution in [0.2, 0.25) is 0 Å². The maximum atomic E-state index is 1.58. The lowest BCUT2D eigenvalue weighted by Gasteiger charge is -2.26. The maximum Gasteiger partial charge on any atom is -0.0297 e. The SMILES string of the molecule is C1CCC2CC2C1.C1CCCC2(CC1)CCCC2. The van der Waals surface area contributed by atoms with Crippen LogP contribution >= 0.6 is 0 Å². The fraction of sp³-hybridized carbons (Fsp3) is 1.00. The van der Waals surface area contributed by atoms with Gasteiger partial charge in [-0.05, 0) is 49.4 Å². The van der Waals surface area contributed by atoms with E-state index in [1.807, 2.05) is 0 Å². The first kappa shape index (κ1) is 13.0. The molecule has 0 aromatic rings. The summed E-state index contributed by atoms with van der Waals surface area (Å²) in [4.78, 5) is 0. The molecule has 0 nitrogen and oxygen atoms in total. The highest BCUT2D eigenvalue weighted by Crippen LogP contribution is 2.49. The van der Waals surface area contributed by atoms with Gasteiger partial charge in [0.2, 0.25) is 0 Å². The van der Waals surface area contributed by atoms with E-state index >= 15 is 0 Å². The van der Waals surface area contributed by atoms with Crippen LogP contribution in [-0.4, -0.2) is 0 Å². The van der Waals surface area contributed by atoms with Gasteiger partial charge >= 0.3 is 0 Å². The molecule has 0 N–H and O–H groups in total. The quantitative estimate of drug-likeness (QED) is 0.486. The summed E-state index contributed by atoms with van der Waals surface area (Å²) < 4.78 is 0. The van der Waals surface area contributed by atoms with Crippen LogP contribution in [0.5, 0.6) is 0 Å². The van der Waals surface area contributed by atoms with Gasteiger partial charge in [0, 0.05) is 0 Å². The molecule has 18 heavy (non-hydrogen) atoms. The first-order chi connectivity index (χ1) is 8.88. The normalized spacial score (nSPS) is 37.3. The summed E-state index contributed by atoms with van der Waals surface area (Å²) in [6.07, 6.45) is 23.2. The van der Waals surface area contributed by atoms with Crippen molar-refractivity contribution in [1.29, 1.82) is 0 Å². The van der Waals surface area contributed by atoms with Gasteiger partial charge in [0.25, 0.3) is 0 Å². The van der Waals surface area contributed by atoms with E-state index in [1.54, 1.807) is 44.9 Å². The molecule has 0 heteroatoms. The Labute approximate surface area is 114 Å². The zero-order chi connectivity index (χ0) is 12.3. The van der Waals surface area contributed by atoms with Crippen molar-refractivity contribution >= 4 is 0 Å². The lowest BCUT2D eigenvalue weighted by molar-refractivity contribution is 0.253. The molecule has 0 heterocycles. The topological polar surface area (TPSA) is 0 Å². The highest BCUT2D eigenvalue weighted by atomic mass is 14.4. The van der Waals surface area contributed by atoms with E-state index in [-0.39, 0.29) is 0 Å². The van der Waals surface area contributed by atoms with E-state index in [0.717, 1.165) is 5.41 Å². The van der Waals surface area contributed by atoms with E-state index in [4.69, 9.17) is 0 Å². The van der Waals surface area contributed by atoms with Crippen LogP contribution < -0.4 is 0 Å². The van der Waals surface area contributed by atoms with Crippen LogP contribution in [0.15, 0.2) is 0 Å². The molecule has 0 aromatic heterocycles. The lowest BCUT2D eigenvalue weighted by atomic mass is 9.79. The summed E-state index contributed by atoms with van der Waals surface area (Å²) in [5, 5.41) is 0. The van der Waals surface area contributed by atoms with E-state index in [9.17, 15) is 0 Å². The third-order valence-electron chi connectivity index (χ3n) is 6.30. The lowest BCUT2D eigenvalue weighted by Crippen LogP contribution is -2.14. The van der Waals surface area contributed by atoms with Gasteiger partial charge in [0.1, 0.15) is 0 Å². The Morgan fingerprint density at radius 3 is 1.39 bits per heavy atom. The second-order valence-corrected chi connectivity index (χ2v) is 7.66. The van der Waals surface area contributed by atoms with Crippen molar-refractivity contribution in [2.75, 3.05) is 0 Å². The minimum absolute atomic E-state index is 0.858. The van der Waals surface area contributed by atoms with Crippen molar-refractivity contribution in [2.24, 2.45) is 17.3 Å². The third kappa shape index (κ3) is 3.31. The third-order valence-corrected chi connectivity index (χ3v) is 6.30. The number of hydrogen-bond donors (Lipinski definition) is 0. The summed E-state index contributed by atoms with van der Waals surface area (Å²) in [7, 11) is 0. The van der Waals surface area contributed by atoms with Crippen molar-refractivity contribution in [3.8, 4) is 0 Å². The average molecular weight is 248 g/mol. The summed E-state index contributed by atoms with van der Waals surface area (Å²) in [6.45, 7) is 0. The Kier molecular flexibility index (Phi) is 4.31. The highest BCUT2D eigenvalue weighted by molar-refractivity contribution is 4.88. The zero-order valence-corrected chi connectivity index (χ0v) is 12.3. The van der Waals surface area contributed by atoms with Crippen molar-refractivity contribution in [3.63, 3.8) is 0 Å². The zero-order valence-electron chi connectivity index (χ0n) is 12.3. The molecule has 104 valence electrons. The summed E-state index contributed by atoms with van der Waals surface area (Å²) in [6, 6.07) is 0. The van der Waals surface area contributed by atoms with Crippen molar-refractivity contribution in [3.05, 3.63) is 0 Å². The molecular formula is C18H32. The Morgan fingerprint density at radius 1 is 0.500 bits per heavy atom. The van der Waals surface area contributed by atoms with Gasteiger partial charge in [0.05, 0.1) is 0 Å². The molecule has 2 atom stereocenters. The molecule has 2 unspecified atom stereocenters. The largest absolute Gasteiger partial charge is 0.0533 e. The van der Waals surface area contributed by atoms with E-state index in [0.29, 0.717) is 0 Å². The fourth-order valence-electron chi connectivity index (χ4n) is 4.93. The number of rotatable bonds is 0. The molecular weight excluding hydrogens is 216 g/mol. The van der Waals surface area contributed by atoms with Gasteiger partial charge in [-0.25, -0.2) is 0 Å². The standard InChI is InChI=1S/C11H20.C7H12/c1-2-4-8-11(7-3-1)9-5-6-10-11;1-2-4-7-5-6(7)3-1/h1-10H2;6-7H,1-5H2. The fourth-order valence-corrected chi connectivity index (χ4v) is 4.93. The van der Waals surface area contributed by atoms with Crippen LogP contribution in [0.4, 0.5) is 0 Å². The Hall–Kier alpha value is 0. The predicted molar refractivity (Wildman–Crippen MR) is 78.7 cm³/mol. The van der Waals surface area contributed by atoms with Crippen LogP contribution in [0.25, 0.3) is 0 Å². The summed E-state index contributed by atoms with van der Waals surface area (Å²) in [5.41, 5.74) is 0.858.